The molecule has 1 aliphatic rings. The van der Waals surface area contributed by atoms with Gasteiger partial charge in [-0.3, -0.25) is 9.69 Å². The monoisotopic (exact) mass is 345 g/mol. The zero-order chi connectivity index (χ0) is 16.9. The van der Waals surface area contributed by atoms with E-state index in [1.807, 2.05) is 30.3 Å². The first-order chi connectivity index (χ1) is 11.7. The summed E-state index contributed by atoms with van der Waals surface area (Å²) < 4.78 is 5.13. The Morgan fingerprint density at radius 1 is 1.33 bits per heavy atom. The third kappa shape index (κ3) is 4.04. The van der Waals surface area contributed by atoms with E-state index in [9.17, 15) is 4.79 Å². The first kappa shape index (κ1) is 16.7. The number of hydrogen-bond acceptors (Lipinski definition) is 4. The Morgan fingerprint density at radius 3 is 2.79 bits per heavy atom. The molecule has 1 N–H and O–H groups in total. The van der Waals surface area contributed by atoms with Gasteiger partial charge in [0.05, 0.1) is 13.2 Å². The van der Waals surface area contributed by atoms with E-state index < -0.39 is 0 Å². The number of halogens is 1. The molecule has 1 amide bonds. The van der Waals surface area contributed by atoms with Crippen molar-refractivity contribution in [3.05, 3.63) is 53.3 Å². The van der Waals surface area contributed by atoms with Crippen LogP contribution in [0.3, 0.4) is 0 Å². The molecule has 2 heterocycles. The number of anilines is 1. The maximum atomic E-state index is 12.6. The molecule has 0 spiro atoms. The van der Waals surface area contributed by atoms with Crippen molar-refractivity contribution in [2.75, 3.05) is 19.0 Å². The minimum Gasteiger partial charge on any atom is -0.497 e. The Hall–Kier alpha value is -2.11. The summed E-state index contributed by atoms with van der Waals surface area (Å²) in [5.74, 6) is 0.797. The van der Waals surface area contributed by atoms with E-state index in [0.29, 0.717) is 11.7 Å². The summed E-state index contributed by atoms with van der Waals surface area (Å²) in [5.41, 5.74) is 1.84. The molecule has 24 heavy (non-hydrogen) atoms. The number of amides is 1. The maximum Gasteiger partial charge on any atom is 0.241 e. The molecule has 0 bridgehead atoms. The van der Waals surface area contributed by atoms with Gasteiger partial charge in [0.1, 0.15) is 10.9 Å². The minimum absolute atomic E-state index is 0.0274. The van der Waals surface area contributed by atoms with E-state index in [-0.39, 0.29) is 11.9 Å². The minimum atomic E-state index is -0.122. The molecule has 3 rings (SSSR count). The summed E-state index contributed by atoms with van der Waals surface area (Å²) in [6, 6.07) is 11.0. The molecule has 0 saturated carbocycles. The highest BCUT2D eigenvalue weighted by molar-refractivity contribution is 6.29. The fourth-order valence-corrected chi connectivity index (χ4v) is 3.06. The first-order valence-corrected chi connectivity index (χ1v) is 8.33. The number of hydrogen-bond donors (Lipinski definition) is 1. The Labute approximate surface area is 146 Å². The molecule has 126 valence electrons. The fourth-order valence-electron chi connectivity index (χ4n) is 2.95. The second kappa shape index (κ2) is 7.64. The standard InChI is InChI=1S/C18H20ClN3O2/c1-24-15-7-5-14(6-8-15)21-18(23)16-3-2-10-22(16)12-13-4-9-17(19)20-11-13/h4-9,11,16H,2-3,10,12H2,1H3,(H,21,23)/t16-/m1/s1. The lowest BCUT2D eigenvalue weighted by Crippen LogP contribution is -2.39. The summed E-state index contributed by atoms with van der Waals surface area (Å²) in [7, 11) is 1.62. The summed E-state index contributed by atoms with van der Waals surface area (Å²) in [5, 5.41) is 3.47. The predicted octanol–water partition coefficient (Wildman–Crippen LogP) is 3.35. The third-order valence-electron chi connectivity index (χ3n) is 4.20. The highest BCUT2D eigenvalue weighted by atomic mass is 35.5. The second-order valence-electron chi connectivity index (χ2n) is 5.84. The van der Waals surface area contributed by atoms with Crippen molar-refractivity contribution < 1.29 is 9.53 Å². The smallest absolute Gasteiger partial charge is 0.241 e. The number of benzene rings is 1. The molecular formula is C18H20ClN3O2. The van der Waals surface area contributed by atoms with Gasteiger partial charge in [0.15, 0.2) is 0 Å². The Balaban J connectivity index is 1.63. The highest BCUT2D eigenvalue weighted by Crippen LogP contribution is 2.22. The van der Waals surface area contributed by atoms with Gasteiger partial charge in [-0.15, -0.1) is 0 Å². The molecule has 0 aliphatic carbocycles. The van der Waals surface area contributed by atoms with Crippen LogP contribution in [0, 0.1) is 0 Å². The van der Waals surface area contributed by atoms with E-state index in [2.05, 4.69) is 15.2 Å². The van der Waals surface area contributed by atoms with E-state index in [0.717, 1.165) is 36.4 Å². The molecule has 2 aromatic rings. The lowest BCUT2D eigenvalue weighted by molar-refractivity contribution is -0.120. The van der Waals surface area contributed by atoms with Crippen LogP contribution in [-0.4, -0.2) is 35.5 Å². The van der Waals surface area contributed by atoms with Gasteiger partial charge in [0.2, 0.25) is 5.91 Å². The second-order valence-corrected chi connectivity index (χ2v) is 6.22. The molecule has 1 aliphatic heterocycles. The summed E-state index contributed by atoms with van der Waals surface area (Å²) >= 11 is 5.82. The average Bonchev–Trinajstić information content (AvgIpc) is 3.06. The Morgan fingerprint density at radius 2 is 2.12 bits per heavy atom. The van der Waals surface area contributed by atoms with E-state index in [4.69, 9.17) is 16.3 Å². The molecule has 0 radical (unpaired) electrons. The van der Waals surface area contributed by atoms with Crippen molar-refractivity contribution in [1.29, 1.82) is 0 Å². The van der Waals surface area contributed by atoms with Gasteiger partial charge >= 0.3 is 0 Å². The zero-order valence-electron chi connectivity index (χ0n) is 13.5. The van der Waals surface area contributed by atoms with Gasteiger partial charge in [-0.05, 0) is 55.3 Å². The number of ether oxygens (including phenoxy) is 1. The van der Waals surface area contributed by atoms with Gasteiger partial charge in [0, 0.05) is 18.4 Å². The molecule has 1 atom stereocenters. The molecule has 1 fully saturated rings. The van der Waals surface area contributed by atoms with Crippen LogP contribution in [0.15, 0.2) is 42.6 Å². The maximum absolute atomic E-state index is 12.6. The highest BCUT2D eigenvalue weighted by Gasteiger charge is 2.30. The van der Waals surface area contributed by atoms with Crippen LogP contribution in [0.5, 0.6) is 5.75 Å². The lowest BCUT2D eigenvalue weighted by atomic mass is 10.2. The third-order valence-corrected chi connectivity index (χ3v) is 4.42. The molecule has 1 saturated heterocycles. The van der Waals surface area contributed by atoms with Gasteiger partial charge in [-0.25, -0.2) is 4.98 Å². The van der Waals surface area contributed by atoms with Crippen molar-refractivity contribution in [2.45, 2.75) is 25.4 Å². The van der Waals surface area contributed by atoms with E-state index >= 15 is 0 Å². The molecular weight excluding hydrogens is 326 g/mol. The molecule has 6 heteroatoms. The number of carbonyl (C=O) groups is 1. The SMILES string of the molecule is COc1ccc(NC(=O)[C@H]2CCCN2Cc2ccc(Cl)nc2)cc1. The first-order valence-electron chi connectivity index (χ1n) is 7.95. The lowest BCUT2D eigenvalue weighted by Gasteiger charge is -2.23. The summed E-state index contributed by atoms with van der Waals surface area (Å²) in [4.78, 5) is 18.9. The normalized spacial score (nSPS) is 17.7. The van der Waals surface area contributed by atoms with Crippen molar-refractivity contribution in [2.24, 2.45) is 0 Å². The molecule has 0 unspecified atom stereocenters. The zero-order valence-corrected chi connectivity index (χ0v) is 14.3. The van der Waals surface area contributed by atoms with Crippen LogP contribution >= 0.6 is 11.6 Å². The number of aromatic nitrogens is 1. The summed E-state index contributed by atoms with van der Waals surface area (Å²) in [6.07, 6.45) is 3.64. The molecule has 1 aromatic carbocycles. The average molecular weight is 346 g/mol. The van der Waals surface area contributed by atoms with Crippen molar-refractivity contribution in [1.82, 2.24) is 9.88 Å². The van der Waals surface area contributed by atoms with E-state index in [1.54, 1.807) is 19.4 Å². The van der Waals surface area contributed by atoms with Crippen molar-refractivity contribution in [3.63, 3.8) is 0 Å². The molecule has 5 nitrogen and oxygen atoms in total. The van der Waals surface area contributed by atoms with E-state index in [1.165, 1.54) is 0 Å². The number of pyridine rings is 1. The van der Waals surface area contributed by atoms with Gasteiger partial charge in [-0.2, -0.15) is 0 Å². The Bertz CT molecular complexity index is 688. The number of likely N-dealkylation sites (tertiary alicyclic amines) is 1. The quantitative estimate of drug-likeness (QED) is 0.844. The topological polar surface area (TPSA) is 54.5 Å². The number of methoxy groups -OCH3 is 1. The van der Waals surface area contributed by atoms with Crippen molar-refractivity contribution >= 4 is 23.2 Å². The van der Waals surface area contributed by atoms with Gasteiger partial charge in [-0.1, -0.05) is 17.7 Å². The predicted molar refractivity (Wildman–Crippen MR) is 94.3 cm³/mol. The largest absolute Gasteiger partial charge is 0.497 e. The summed E-state index contributed by atoms with van der Waals surface area (Å²) in [6.45, 7) is 1.61. The van der Waals surface area contributed by atoms with Crippen LogP contribution in [0.1, 0.15) is 18.4 Å². The number of carbonyl (C=O) groups excluding carboxylic acids is 1. The number of nitrogens with zero attached hydrogens (tertiary/aromatic N) is 2. The van der Waals surface area contributed by atoms with Crippen LogP contribution < -0.4 is 10.1 Å². The van der Waals surface area contributed by atoms with Crippen LogP contribution in [0.25, 0.3) is 0 Å². The van der Waals surface area contributed by atoms with Crippen LogP contribution in [-0.2, 0) is 11.3 Å². The van der Waals surface area contributed by atoms with Crippen LogP contribution in [0.2, 0.25) is 5.15 Å². The van der Waals surface area contributed by atoms with Crippen LogP contribution in [0.4, 0.5) is 5.69 Å². The number of nitrogens with one attached hydrogen (secondary N) is 1. The van der Waals surface area contributed by atoms with Crippen molar-refractivity contribution in [3.8, 4) is 5.75 Å². The molecule has 1 aromatic heterocycles. The van der Waals surface area contributed by atoms with Gasteiger partial charge in [0.25, 0.3) is 0 Å². The van der Waals surface area contributed by atoms with Gasteiger partial charge < -0.3 is 10.1 Å². The number of rotatable bonds is 5. The Kier molecular flexibility index (Phi) is 5.33. The fraction of sp³-hybridized carbons (Fsp3) is 0.333.